The highest BCUT2D eigenvalue weighted by molar-refractivity contribution is 6.11. The largest absolute Gasteiger partial charge is 0.497 e. The molecule has 0 fully saturated rings. The molecule has 8 heteroatoms. The molecular formula is C22H24F2N4O2. The summed E-state index contributed by atoms with van der Waals surface area (Å²) in [6, 6.07) is 9.34. The number of hydrogen-bond donors (Lipinski definition) is 3. The Bertz CT molecular complexity index is 1100. The summed E-state index contributed by atoms with van der Waals surface area (Å²) >= 11 is 0. The van der Waals surface area contributed by atoms with Crippen LogP contribution in [0.3, 0.4) is 0 Å². The molecule has 0 spiro atoms. The van der Waals surface area contributed by atoms with Gasteiger partial charge in [0.2, 0.25) is 0 Å². The first-order valence-electron chi connectivity index (χ1n) is 9.78. The van der Waals surface area contributed by atoms with E-state index in [1.165, 1.54) is 12.1 Å². The minimum atomic E-state index is -1.22. The van der Waals surface area contributed by atoms with E-state index in [1.807, 2.05) is 18.2 Å². The maximum absolute atomic E-state index is 14.0. The second-order valence-corrected chi connectivity index (χ2v) is 7.60. The molecule has 1 aliphatic rings. The summed E-state index contributed by atoms with van der Waals surface area (Å²) in [6.45, 7) is 0.330. The van der Waals surface area contributed by atoms with Gasteiger partial charge in [-0.1, -0.05) is 6.07 Å². The lowest BCUT2D eigenvalue weighted by atomic mass is 9.97. The molecule has 6 nitrogen and oxygen atoms in total. The first-order valence-corrected chi connectivity index (χ1v) is 9.78. The molecule has 2 atom stereocenters. The van der Waals surface area contributed by atoms with Crippen LogP contribution < -0.4 is 16.2 Å². The molecule has 4 rings (SSSR count). The third kappa shape index (κ3) is 3.64. The Labute approximate surface area is 172 Å². The molecule has 0 bridgehead atoms. The van der Waals surface area contributed by atoms with Gasteiger partial charge in [-0.15, -0.1) is 0 Å². The number of hydrogen-bond acceptors (Lipinski definition) is 4. The van der Waals surface area contributed by atoms with Gasteiger partial charge in [-0.05, 0) is 47.9 Å². The molecule has 0 aliphatic carbocycles. The van der Waals surface area contributed by atoms with Gasteiger partial charge in [0.1, 0.15) is 23.4 Å². The van der Waals surface area contributed by atoms with Crippen molar-refractivity contribution in [3.63, 3.8) is 0 Å². The van der Waals surface area contributed by atoms with Crippen molar-refractivity contribution in [1.29, 1.82) is 0 Å². The first-order chi connectivity index (χ1) is 14.4. The Morgan fingerprint density at radius 2 is 2.07 bits per heavy atom. The van der Waals surface area contributed by atoms with Crippen molar-refractivity contribution in [2.45, 2.75) is 25.2 Å². The summed E-state index contributed by atoms with van der Waals surface area (Å²) in [5.41, 5.74) is 14.8. The fourth-order valence-corrected chi connectivity index (χ4v) is 4.04. The lowest BCUT2D eigenvalue weighted by molar-refractivity contribution is 0.0724. The molecule has 0 saturated heterocycles. The summed E-state index contributed by atoms with van der Waals surface area (Å²) in [5.74, 6) is -0.00652. The quantitative estimate of drug-likeness (QED) is 0.578. The fourth-order valence-electron chi connectivity index (χ4n) is 4.04. The van der Waals surface area contributed by atoms with E-state index in [9.17, 15) is 13.6 Å². The van der Waals surface area contributed by atoms with Crippen LogP contribution in [0, 0.1) is 5.82 Å². The number of amides is 1. The van der Waals surface area contributed by atoms with Crippen LogP contribution in [0.1, 0.15) is 22.5 Å². The monoisotopic (exact) mass is 414 g/mol. The van der Waals surface area contributed by atoms with E-state index in [0.29, 0.717) is 27.9 Å². The number of nitrogens with two attached hydrogens (primary N) is 2. The van der Waals surface area contributed by atoms with Crippen LogP contribution in [-0.2, 0) is 6.54 Å². The van der Waals surface area contributed by atoms with E-state index in [0.717, 1.165) is 11.1 Å². The van der Waals surface area contributed by atoms with Crippen LogP contribution in [0.25, 0.3) is 22.0 Å². The van der Waals surface area contributed by atoms with E-state index in [4.69, 9.17) is 16.2 Å². The van der Waals surface area contributed by atoms with Gasteiger partial charge in [-0.2, -0.15) is 0 Å². The second-order valence-electron chi connectivity index (χ2n) is 7.60. The Balaban J connectivity index is 1.83. The molecule has 2 aromatic carbocycles. The van der Waals surface area contributed by atoms with Gasteiger partial charge in [-0.25, -0.2) is 8.78 Å². The number of halogens is 2. The maximum atomic E-state index is 14.0. The third-order valence-corrected chi connectivity index (χ3v) is 5.47. The minimum Gasteiger partial charge on any atom is -0.497 e. The van der Waals surface area contributed by atoms with E-state index in [-0.39, 0.29) is 37.8 Å². The molecule has 30 heavy (non-hydrogen) atoms. The molecule has 1 aromatic heterocycles. The third-order valence-electron chi connectivity index (χ3n) is 5.47. The van der Waals surface area contributed by atoms with Crippen LogP contribution in [-0.4, -0.2) is 48.2 Å². The predicted molar refractivity (Wildman–Crippen MR) is 112 cm³/mol. The maximum Gasteiger partial charge on any atom is 0.271 e. The number of nitrogens with zero attached hydrogens (tertiary/aromatic N) is 1. The zero-order valence-corrected chi connectivity index (χ0v) is 16.6. The number of rotatable bonds is 6. The number of fused-ring (bicyclic) bond motifs is 5. The van der Waals surface area contributed by atoms with Crippen molar-refractivity contribution >= 4 is 16.8 Å². The van der Waals surface area contributed by atoms with Gasteiger partial charge in [0.25, 0.3) is 5.91 Å². The van der Waals surface area contributed by atoms with Crippen molar-refractivity contribution in [3.8, 4) is 16.9 Å². The van der Waals surface area contributed by atoms with E-state index in [1.54, 1.807) is 18.1 Å². The molecule has 1 amide bonds. The van der Waals surface area contributed by atoms with Gasteiger partial charge < -0.3 is 26.1 Å². The number of carbonyl (C=O) groups excluding carboxylic acids is 1. The van der Waals surface area contributed by atoms with Crippen LogP contribution in [0.5, 0.6) is 5.75 Å². The topological polar surface area (TPSA) is 97.4 Å². The second kappa shape index (κ2) is 8.04. The van der Waals surface area contributed by atoms with Gasteiger partial charge in [0.15, 0.2) is 0 Å². The number of H-pyrrole nitrogens is 1. The molecule has 5 N–H and O–H groups in total. The highest BCUT2D eigenvalue weighted by atomic mass is 19.1. The average molecular weight is 414 g/mol. The zero-order valence-electron chi connectivity index (χ0n) is 16.6. The van der Waals surface area contributed by atoms with Crippen molar-refractivity contribution in [2.75, 3.05) is 20.2 Å². The number of ether oxygens (including phenoxy) is 1. The lowest BCUT2D eigenvalue weighted by Gasteiger charge is -2.25. The van der Waals surface area contributed by atoms with Crippen LogP contribution in [0.2, 0.25) is 0 Å². The summed E-state index contributed by atoms with van der Waals surface area (Å²) in [4.78, 5) is 18.1. The van der Waals surface area contributed by atoms with Crippen LogP contribution in [0.4, 0.5) is 8.78 Å². The minimum absolute atomic E-state index is 0.0655. The fraction of sp³-hybridized carbons (Fsp3) is 0.318. The predicted octanol–water partition coefficient (Wildman–Crippen LogP) is 2.95. The number of benzene rings is 2. The zero-order chi connectivity index (χ0) is 21.4. The smallest absolute Gasteiger partial charge is 0.271 e. The Morgan fingerprint density at radius 3 is 2.80 bits per heavy atom. The van der Waals surface area contributed by atoms with Gasteiger partial charge in [0.05, 0.1) is 7.11 Å². The van der Waals surface area contributed by atoms with Crippen molar-refractivity contribution in [3.05, 3.63) is 53.5 Å². The summed E-state index contributed by atoms with van der Waals surface area (Å²) < 4.78 is 33.0. The molecule has 3 aromatic rings. The SMILES string of the molecule is COc1ccc2c(c1)CN(C[C@H](N)CC(F)CN)C(=O)c1[nH]c3ccc(F)cc3c1-2. The molecule has 0 radical (unpaired) electrons. The lowest BCUT2D eigenvalue weighted by Crippen LogP contribution is -2.42. The van der Waals surface area contributed by atoms with Gasteiger partial charge in [-0.3, -0.25) is 4.79 Å². The van der Waals surface area contributed by atoms with E-state index in [2.05, 4.69) is 4.98 Å². The Kier molecular flexibility index (Phi) is 5.44. The van der Waals surface area contributed by atoms with E-state index >= 15 is 0 Å². The Hall–Kier alpha value is -2.97. The van der Waals surface area contributed by atoms with Gasteiger partial charge in [0, 0.05) is 42.1 Å². The van der Waals surface area contributed by atoms with Gasteiger partial charge >= 0.3 is 0 Å². The highest BCUT2D eigenvalue weighted by Gasteiger charge is 2.31. The van der Waals surface area contributed by atoms with Crippen LogP contribution >= 0.6 is 0 Å². The number of aromatic amines is 1. The number of alkyl halides is 1. The summed E-state index contributed by atoms with van der Waals surface area (Å²) in [6.07, 6.45) is -1.16. The number of aromatic nitrogens is 1. The first kappa shape index (κ1) is 20.3. The normalized spacial score (nSPS) is 15.5. The molecular weight excluding hydrogens is 390 g/mol. The standard InChI is InChI=1S/C22H24F2N4O2/c1-30-16-3-4-17-12(6-16)10-28(11-15(26)7-14(24)9-25)22(29)21-20(17)18-8-13(23)2-5-19(18)27-21/h2-6,8,14-15,27H,7,9-11,25-26H2,1H3/t14?,15-/m1/s1. The molecule has 2 heterocycles. The molecule has 1 aliphatic heterocycles. The highest BCUT2D eigenvalue weighted by Crippen LogP contribution is 2.39. The number of methoxy groups -OCH3 is 1. The number of nitrogens with one attached hydrogen (secondary N) is 1. The molecule has 1 unspecified atom stereocenters. The number of carbonyl (C=O) groups is 1. The average Bonchev–Trinajstić information content (AvgIpc) is 3.05. The molecule has 158 valence electrons. The molecule has 0 saturated carbocycles. The van der Waals surface area contributed by atoms with Crippen molar-refractivity contribution < 1.29 is 18.3 Å². The van der Waals surface area contributed by atoms with Crippen molar-refractivity contribution in [2.24, 2.45) is 11.5 Å². The summed E-state index contributed by atoms with van der Waals surface area (Å²) in [7, 11) is 1.57. The van der Waals surface area contributed by atoms with E-state index < -0.39 is 12.2 Å². The Morgan fingerprint density at radius 1 is 1.27 bits per heavy atom. The summed E-state index contributed by atoms with van der Waals surface area (Å²) in [5, 5.41) is 0.628. The van der Waals surface area contributed by atoms with Crippen LogP contribution in [0.15, 0.2) is 36.4 Å². The van der Waals surface area contributed by atoms with Crippen molar-refractivity contribution in [1.82, 2.24) is 9.88 Å².